The second-order valence-corrected chi connectivity index (χ2v) is 7.23. The number of aryl methyl sites for hydroxylation is 3. The molecule has 3 nitrogen and oxygen atoms in total. The van der Waals surface area contributed by atoms with Crippen LogP contribution in [0.3, 0.4) is 0 Å². The molecule has 0 aliphatic carbocycles. The Hall–Kier alpha value is -1.88. The van der Waals surface area contributed by atoms with Gasteiger partial charge < -0.3 is 0 Å². The second kappa shape index (κ2) is 6.08. The minimum absolute atomic E-state index is 0.0927. The highest BCUT2D eigenvalue weighted by Crippen LogP contribution is 2.30. The first-order valence-corrected chi connectivity index (χ1v) is 8.57. The fraction of sp³-hybridized carbons (Fsp3) is 0.294. The van der Waals surface area contributed by atoms with Crippen molar-refractivity contribution in [3.05, 3.63) is 58.9 Å². The van der Waals surface area contributed by atoms with Crippen molar-refractivity contribution in [1.82, 2.24) is 0 Å². The molecule has 0 bridgehead atoms. The Labute approximate surface area is 131 Å². The molecule has 2 aromatic rings. The van der Waals surface area contributed by atoms with Crippen molar-refractivity contribution < 1.29 is 12.8 Å². The van der Waals surface area contributed by atoms with Gasteiger partial charge in [-0.05, 0) is 63.1 Å². The number of hydrogen-bond acceptors (Lipinski definition) is 2. The predicted molar refractivity (Wildman–Crippen MR) is 87.3 cm³/mol. The molecule has 0 aliphatic heterocycles. The van der Waals surface area contributed by atoms with Crippen molar-refractivity contribution in [3.63, 3.8) is 0 Å². The van der Waals surface area contributed by atoms with Crippen LogP contribution < -0.4 is 4.31 Å². The zero-order chi connectivity index (χ0) is 16.5. The number of nitrogens with zero attached hydrogens (tertiary/aromatic N) is 1. The molecular formula is C17H20FNO2S. The first-order valence-electron chi connectivity index (χ1n) is 7.13. The maximum atomic E-state index is 13.0. The summed E-state index contributed by atoms with van der Waals surface area (Å²) in [6.07, 6.45) is 0. The first kappa shape index (κ1) is 16.5. The van der Waals surface area contributed by atoms with Crippen molar-refractivity contribution in [2.24, 2.45) is 0 Å². The van der Waals surface area contributed by atoms with Crippen molar-refractivity contribution in [2.45, 2.75) is 32.6 Å². The summed E-state index contributed by atoms with van der Waals surface area (Å²) in [5, 5.41) is 0. The smallest absolute Gasteiger partial charge is 0.264 e. The van der Waals surface area contributed by atoms with E-state index in [1.165, 1.54) is 16.4 Å². The lowest BCUT2D eigenvalue weighted by Crippen LogP contribution is -2.32. The molecule has 0 radical (unpaired) electrons. The maximum absolute atomic E-state index is 13.0. The van der Waals surface area contributed by atoms with Gasteiger partial charge >= 0.3 is 0 Å². The Morgan fingerprint density at radius 3 is 1.95 bits per heavy atom. The number of halogens is 1. The van der Waals surface area contributed by atoms with Crippen molar-refractivity contribution in [1.29, 1.82) is 0 Å². The fourth-order valence-corrected chi connectivity index (χ4v) is 4.35. The highest BCUT2D eigenvalue weighted by atomic mass is 32.2. The molecule has 0 unspecified atom stereocenters. The predicted octanol–water partition coefficient (Wildman–Crippen LogP) is 3.97. The molecule has 2 rings (SSSR count). The lowest BCUT2D eigenvalue weighted by Gasteiger charge is -2.26. The van der Waals surface area contributed by atoms with Gasteiger partial charge in [0.1, 0.15) is 5.82 Å². The van der Waals surface area contributed by atoms with Gasteiger partial charge in [-0.25, -0.2) is 12.8 Å². The van der Waals surface area contributed by atoms with E-state index in [0.717, 1.165) is 28.8 Å². The van der Waals surface area contributed by atoms with Crippen molar-refractivity contribution in [2.75, 3.05) is 10.8 Å². The largest absolute Gasteiger partial charge is 0.266 e. The topological polar surface area (TPSA) is 37.4 Å². The van der Waals surface area contributed by atoms with Gasteiger partial charge in [0.25, 0.3) is 10.0 Å². The number of hydrogen-bond donors (Lipinski definition) is 0. The summed E-state index contributed by atoms with van der Waals surface area (Å²) in [5.41, 5.74) is 3.60. The van der Waals surface area contributed by atoms with Gasteiger partial charge in [-0.2, -0.15) is 0 Å². The molecule has 0 fully saturated rings. The standard InChI is InChI=1S/C17H20FNO2S/c1-5-19(17-13(3)10-12(2)11-14(17)4)22(20,21)16-8-6-15(18)7-9-16/h6-11H,5H2,1-4H3. The molecule has 0 saturated heterocycles. The Kier molecular flexibility index (Phi) is 4.56. The zero-order valence-corrected chi connectivity index (χ0v) is 14.0. The van der Waals surface area contributed by atoms with E-state index in [0.29, 0.717) is 12.2 Å². The number of benzene rings is 2. The Morgan fingerprint density at radius 1 is 1.00 bits per heavy atom. The fourth-order valence-electron chi connectivity index (χ4n) is 2.75. The second-order valence-electron chi connectivity index (χ2n) is 5.37. The monoisotopic (exact) mass is 321 g/mol. The lowest BCUT2D eigenvalue weighted by molar-refractivity contribution is 0.590. The van der Waals surface area contributed by atoms with E-state index >= 15 is 0 Å². The van der Waals surface area contributed by atoms with Crippen LogP contribution >= 0.6 is 0 Å². The molecule has 0 spiro atoms. The molecule has 5 heteroatoms. The summed E-state index contributed by atoms with van der Waals surface area (Å²) in [6, 6.07) is 8.85. The molecule has 2 aromatic carbocycles. The molecule has 0 heterocycles. The molecule has 0 amide bonds. The van der Waals surface area contributed by atoms with Crippen molar-refractivity contribution >= 4 is 15.7 Å². The average Bonchev–Trinajstić information content (AvgIpc) is 2.42. The Balaban J connectivity index is 2.59. The van der Waals surface area contributed by atoms with Crippen LogP contribution in [0.2, 0.25) is 0 Å². The Bertz CT molecular complexity index is 760. The van der Waals surface area contributed by atoms with E-state index < -0.39 is 15.8 Å². The van der Waals surface area contributed by atoms with Crippen LogP contribution in [-0.2, 0) is 10.0 Å². The van der Waals surface area contributed by atoms with Gasteiger partial charge in [-0.15, -0.1) is 0 Å². The van der Waals surface area contributed by atoms with Crippen LogP contribution in [0.4, 0.5) is 10.1 Å². The maximum Gasteiger partial charge on any atom is 0.264 e. The summed E-state index contributed by atoms with van der Waals surface area (Å²) in [4.78, 5) is 0.0927. The molecule has 118 valence electrons. The van der Waals surface area contributed by atoms with Crippen LogP contribution in [0, 0.1) is 26.6 Å². The van der Waals surface area contributed by atoms with Crippen LogP contribution in [-0.4, -0.2) is 15.0 Å². The van der Waals surface area contributed by atoms with Gasteiger partial charge in [0.2, 0.25) is 0 Å². The summed E-state index contributed by atoms with van der Waals surface area (Å²) in [7, 11) is -3.71. The van der Waals surface area contributed by atoms with Gasteiger partial charge in [0, 0.05) is 6.54 Å². The first-order chi connectivity index (χ1) is 10.3. The summed E-state index contributed by atoms with van der Waals surface area (Å²) >= 11 is 0. The minimum atomic E-state index is -3.71. The van der Waals surface area contributed by atoms with Gasteiger partial charge in [-0.3, -0.25) is 4.31 Å². The third kappa shape index (κ3) is 2.99. The zero-order valence-electron chi connectivity index (χ0n) is 13.2. The minimum Gasteiger partial charge on any atom is -0.266 e. The molecule has 22 heavy (non-hydrogen) atoms. The Morgan fingerprint density at radius 2 is 1.50 bits per heavy atom. The van der Waals surface area contributed by atoms with E-state index in [1.54, 1.807) is 6.92 Å². The van der Waals surface area contributed by atoms with Crippen molar-refractivity contribution in [3.8, 4) is 0 Å². The summed E-state index contributed by atoms with van der Waals surface area (Å²) in [5.74, 6) is -0.454. The number of anilines is 1. The van der Waals surface area contributed by atoms with E-state index in [1.807, 2.05) is 32.9 Å². The van der Waals surface area contributed by atoms with Gasteiger partial charge in [-0.1, -0.05) is 17.7 Å². The van der Waals surface area contributed by atoms with Gasteiger partial charge in [0.15, 0.2) is 0 Å². The van der Waals surface area contributed by atoms with E-state index in [-0.39, 0.29) is 4.90 Å². The quantitative estimate of drug-likeness (QED) is 0.854. The summed E-state index contributed by atoms with van der Waals surface area (Å²) in [6.45, 7) is 7.88. The highest BCUT2D eigenvalue weighted by Gasteiger charge is 2.26. The molecule has 0 N–H and O–H groups in total. The average molecular weight is 321 g/mol. The lowest BCUT2D eigenvalue weighted by atomic mass is 10.1. The number of rotatable bonds is 4. The van der Waals surface area contributed by atoms with Crippen LogP contribution in [0.1, 0.15) is 23.6 Å². The van der Waals surface area contributed by atoms with Gasteiger partial charge in [0.05, 0.1) is 10.6 Å². The highest BCUT2D eigenvalue weighted by molar-refractivity contribution is 7.92. The van der Waals surface area contributed by atoms with Crippen LogP contribution in [0.5, 0.6) is 0 Å². The molecule has 0 atom stereocenters. The van der Waals surface area contributed by atoms with E-state index in [2.05, 4.69) is 0 Å². The SMILES string of the molecule is CCN(c1c(C)cc(C)cc1C)S(=O)(=O)c1ccc(F)cc1. The van der Waals surface area contributed by atoms with E-state index in [4.69, 9.17) is 0 Å². The number of sulfonamides is 1. The van der Waals surface area contributed by atoms with Crippen LogP contribution in [0.15, 0.2) is 41.3 Å². The molecular weight excluding hydrogens is 301 g/mol. The molecule has 0 aliphatic rings. The van der Waals surface area contributed by atoms with E-state index in [9.17, 15) is 12.8 Å². The van der Waals surface area contributed by atoms with Crippen LogP contribution in [0.25, 0.3) is 0 Å². The normalized spacial score (nSPS) is 11.5. The molecule has 0 aromatic heterocycles. The summed E-state index contributed by atoms with van der Waals surface area (Å²) < 4.78 is 40.2. The molecule has 0 saturated carbocycles. The third-order valence-electron chi connectivity index (χ3n) is 3.57. The third-order valence-corrected chi connectivity index (χ3v) is 5.46.